The van der Waals surface area contributed by atoms with Gasteiger partial charge in [-0.3, -0.25) is 0 Å². The lowest BCUT2D eigenvalue weighted by atomic mass is 10.2. The number of halogens is 1. The van der Waals surface area contributed by atoms with E-state index in [1.54, 1.807) is 13.3 Å². The third-order valence-electron chi connectivity index (χ3n) is 3.72. The van der Waals surface area contributed by atoms with Gasteiger partial charge < -0.3 is 24.8 Å². The highest BCUT2D eigenvalue weighted by Gasteiger charge is 2.05. The largest absolute Gasteiger partial charge is 0.494 e. The van der Waals surface area contributed by atoms with Crippen LogP contribution in [0.5, 0.6) is 17.4 Å². The summed E-state index contributed by atoms with van der Waals surface area (Å²) in [5.41, 5.74) is 1.01. The summed E-state index contributed by atoms with van der Waals surface area (Å²) in [6.45, 7) is 8.58. The minimum atomic E-state index is 0. The Hall–Kier alpha value is -2.07. The van der Waals surface area contributed by atoms with Gasteiger partial charge in [0.2, 0.25) is 5.88 Å². The first-order valence-electron chi connectivity index (χ1n) is 9.54. The number of methoxy groups -OCH3 is 1. The van der Waals surface area contributed by atoms with Crippen molar-refractivity contribution >= 4 is 29.9 Å². The molecule has 0 radical (unpaired) electrons. The van der Waals surface area contributed by atoms with Gasteiger partial charge in [-0.25, -0.2) is 9.98 Å². The molecule has 2 N–H and O–H groups in total. The summed E-state index contributed by atoms with van der Waals surface area (Å²) in [6, 6.07) is 11.5. The zero-order valence-electron chi connectivity index (χ0n) is 17.5. The molecule has 8 heteroatoms. The summed E-state index contributed by atoms with van der Waals surface area (Å²) >= 11 is 0. The smallest absolute Gasteiger partial charge is 0.219 e. The Bertz CT molecular complexity index is 741. The molecule has 1 heterocycles. The molecular formula is C21H31IN4O3. The van der Waals surface area contributed by atoms with Gasteiger partial charge >= 0.3 is 0 Å². The third-order valence-corrected chi connectivity index (χ3v) is 3.72. The van der Waals surface area contributed by atoms with Gasteiger partial charge in [-0.1, -0.05) is 0 Å². The number of hydrogen-bond acceptors (Lipinski definition) is 5. The second kappa shape index (κ2) is 14.0. The molecule has 0 bridgehead atoms. The highest BCUT2D eigenvalue weighted by molar-refractivity contribution is 14.0. The van der Waals surface area contributed by atoms with Crippen LogP contribution in [0.25, 0.3) is 0 Å². The van der Waals surface area contributed by atoms with Crippen LogP contribution in [-0.4, -0.2) is 43.9 Å². The van der Waals surface area contributed by atoms with Crippen LogP contribution in [0.2, 0.25) is 0 Å². The molecule has 1 aromatic heterocycles. The number of benzene rings is 1. The molecule has 1 aromatic carbocycles. The molecule has 0 aliphatic heterocycles. The maximum absolute atomic E-state index is 5.84. The maximum Gasteiger partial charge on any atom is 0.219 e. The summed E-state index contributed by atoms with van der Waals surface area (Å²) in [7, 11) is 1.69. The molecule has 29 heavy (non-hydrogen) atoms. The number of aliphatic imine (C=N–C) groups is 1. The molecular weight excluding hydrogens is 483 g/mol. The van der Waals surface area contributed by atoms with E-state index in [4.69, 9.17) is 14.2 Å². The van der Waals surface area contributed by atoms with Crippen molar-refractivity contribution in [3.05, 3.63) is 48.2 Å². The number of rotatable bonds is 10. The fourth-order valence-electron chi connectivity index (χ4n) is 2.51. The van der Waals surface area contributed by atoms with E-state index in [2.05, 4.69) is 20.6 Å². The molecule has 0 aliphatic carbocycles. The topological polar surface area (TPSA) is 77.0 Å². The van der Waals surface area contributed by atoms with Crippen LogP contribution in [0.3, 0.4) is 0 Å². The third kappa shape index (κ3) is 9.31. The molecule has 0 saturated carbocycles. The van der Waals surface area contributed by atoms with Crippen molar-refractivity contribution in [3.63, 3.8) is 0 Å². The van der Waals surface area contributed by atoms with Gasteiger partial charge in [0.25, 0.3) is 0 Å². The van der Waals surface area contributed by atoms with Crippen molar-refractivity contribution in [2.24, 2.45) is 4.99 Å². The average Bonchev–Trinajstić information content (AvgIpc) is 2.69. The Kier molecular flexibility index (Phi) is 12.1. The van der Waals surface area contributed by atoms with Crippen LogP contribution in [0.15, 0.2) is 47.6 Å². The second-order valence-electron chi connectivity index (χ2n) is 6.20. The zero-order valence-corrected chi connectivity index (χ0v) is 19.8. The number of guanidine groups is 1. The van der Waals surface area contributed by atoms with E-state index in [-0.39, 0.29) is 30.0 Å². The van der Waals surface area contributed by atoms with Crippen LogP contribution in [0.4, 0.5) is 0 Å². The lowest BCUT2D eigenvalue weighted by molar-refractivity contribution is 0.179. The number of hydrogen-bond donors (Lipinski definition) is 2. The highest BCUT2D eigenvalue weighted by Crippen LogP contribution is 2.23. The number of nitrogens with zero attached hydrogens (tertiary/aromatic N) is 2. The first-order valence-corrected chi connectivity index (χ1v) is 9.54. The zero-order chi connectivity index (χ0) is 20.2. The van der Waals surface area contributed by atoms with Crippen LogP contribution in [0.1, 0.15) is 26.3 Å². The van der Waals surface area contributed by atoms with Crippen molar-refractivity contribution in [2.45, 2.75) is 33.4 Å². The van der Waals surface area contributed by atoms with Gasteiger partial charge in [0.15, 0.2) is 5.96 Å². The highest BCUT2D eigenvalue weighted by atomic mass is 127. The molecule has 7 nitrogen and oxygen atoms in total. The van der Waals surface area contributed by atoms with Gasteiger partial charge in [-0.2, -0.15) is 0 Å². The molecule has 0 spiro atoms. The molecule has 0 saturated heterocycles. The summed E-state index contributed by atoms with van der Waals surface area (Å²) < 4.78 is 16.4. The fraction of sp³-hybridized carbons (Fsp3) is 0.429. The summed E-state index contributed by atoms with van der Waals surface area (Å²) in [4.78, 5) is 8.91. The van der Waals surface area contributed by atoms with Gasteiger partial charge in [-0.15, -0.1) is 24.0 Å². The van der Waals surface area contributed by atoms with Crippen molar-refractivity contribution in [1.82, 2.24) is 15.6 Å². The van der Waals surface area contributed by atoms with Crippen molar-refractivity contribution in [2.75, 3.05) is 26.9 Å². The quantitative estimate of drug-likeness (QED) is 0.284. The first kappa shape index (κ1) is 25.0. The molecule has 160 valence electrons. The lowest BCUT2D eigenvalue weighted by Crippen LogP contribution is -2.43. The van der Waals surface area contributed by atoms with E-state index in [0.717, 1.165) is 23.8 Å². The molecule has 0 fully saturated rings. The van der Waals surface area contributed by atoms with Crippen LogP contribution >= 0.6 is 24.0 Å². The van der Waals surface area contributed by atoms with Gasteiger partial charge in [0.1, 0.15) is 11.5 Å². The minimum absolute atomic E-state index is 0. The molecule has 0 aliphatic rings. The Morgan fingerprint density at radius 3 is 2.52 bits per heavy atom. The second-order valence-corrected chi connectivity index (χ2v) is 6.20. The predicted molar refractivity (Wildman–Crippen MR) is 127 cm³/mol. The fourth-order valence-corrected chi connectivity index (χ4v) is 2.51. The molecule has 1 unspecified atom stereocenters. The molecule has 2 rings (SSSR count). The van der Waals surface area contributed by atoms with Gasteiger partial charge in [-0.05, 0) is 56.7 Å². The number of nitrogens with one attached hydrogen (secondary N) is 2. The standard InChI is InChI=1S/C21H30N4O3.HI/c1-5-22-21(25-16(3)15-26-4)24-14-17-11-12-23-20(13-17)28-19-9-7-18(8-10-19)27-6-2;/h7-13,16H,5-6,14-15H2,1-4H3,(H2,22,24,25);1H. The van der Waals surface area contributed by atoms with E-state index in [1.807, 2.05) is 57.2 Å². The lowest BCUT2D eigenvalue weighted by Gasteiger charge is -2.17. The van der Waals surface area contributed by atoms with Crippen LogP contribution in [0, 0.1) is 0 Å². The Morgan fingerprint density at radius 2 is 1.86 bits per heavy atom. The monoisotopic (exact) mass is 514 g/mol. The number of pyridine rings is 1. The van der Waals surface area contributed by atoms with Crippen LogP contribution in [-0.2, 0) is 11.3 Å². The maximum atomic E-state index is 5.84. The van der Waals surface area contributed by atoms with E-state index in [1.165, 1.54) is 0 Å². The number of ether oxygens (including phenoxy) is 3. The average molecular weight is 514 g/mol. The van der Waals surface area contributed by atoms with Crippen molar-refractivity contribution in [3.8, 4) is 17.4 Å². The first-order chi connectivity index (χ1) is 13.6. The minimum Gasteiger partial charge on any atom is -0.494 e. The van der Waals surface area contributed by atoms with Crippen molar-refractivity contribution < 1.29 is 14.2 Å². The molecule has 1 atom stereocenters. The Morgan fingerprint density at radius 1 is 1.14 bits per heavy atom. The van der Waals surface area contributed by atoms with E-state index < -0.39 is 0 Å². The predicted octanol–water partition coefficient (Wildman–Crippen LogP) is 3.98. The van der Waals surface area contributed by atoms with Crippen molar-refractivity contribution in [1.29, 1.82) is 0 Å². The van der Waals surface area contributed by atoms with Gasteiger partial charge in [0, 0.05) is 32.0 Å². The van der Waals surface area contributed by atoms with E-state index >= 15 is 0 Å². The van der Waals surface area contributed by atoms with E-state index in [0.29, 0.717) is 31.4 Å². The molecule has 2 aromatic rings. The summed E-state index contributed by atoms with van der Waals surface area (Å²) in [5.74, 6) is 2.80. The normalized spacial score (nSPS) is 11.9. The van der Waals surface area contributed by atoms with Gasteiger partial charge in [0.05, 0.1) is 19.8 Å². The molecule has 0 amide bonds. The van der Waals surface area contributed by atoms with E-state index in [9.17, 15) is 0 Å². The Balaban J connectivity index is 0.00000420. The summed E-state index contributed by atoms with van der Waals surface area (Å²) in [6.07, 6.45) is 1.72. The number of aromatic nitrogens is 1. The SMILES string of the molecule is CCNC(=NCc1ccnc(Oc2ccc(OCC)cc2)c1)NC(C)COC.I. The summed E-state index contributed by atoms with van der Waals surface area (Å²) in [5, 5.41) is 6.55. The van der Waals surface area contributed by atoms with Crippen LogP contribution < -0.4 is 20.1 Å². The Labute approximate surface area is 190 Å².